The van der Waals surface area contributed by atoms with E-state index < -0.39 is 0 Å². The quantitative estimate of drug-likeness (QED) is 0.820. The molecule has 2 aromatic rings. The molecule has 3 rings (SSSR count). The Morgan fingerprint density at radius 2 is 2.11 bits per heavy atom. The third kappa shape index (κ3) is 2.10. The number of anilines is 1. The molecule has 0 aliphatic heterocycles. The highest BCUT2D eigenvalue weighted by Gasteiger charge is 2.21. The van der Waals surface area contributed by atoms with Crippen LogP contribution < -0.4 is 5.73 Å². The van der Waals surface area contributed by atoms with E-state index in [1.54, 1.807) is 0 Å². The van der Waals surface area contributed by atoms with Gasteiger partial charge < -0.3 is 5.73 Å². The van der Waals surface area contributed by atoms with Crippen molar-refractivity contribution in [2.24, 2.45) is 5.92 Å². The summed E-state index contributed by atoms with van der Waals surface area (Å²) >= 11 is 0. The Hall–Kier alpha value is -1.84. The molecule has 4 heteroatoms. The molecule has 94 valence electrons. The summed E-state index contributed by atoms with van der Waals surface area (Å²) in [5.41, 5.74) is 10.2. The van der Waals surface area contributed by atoms with Crippen LogP contribution in [0.4, 0.5) is 5.69 Å². The molecule has 1 aromatic carbocycles. The molecule has 0 saturated carbocycles. The molecule has 1 aliphatic rings. The van der Waals surface area contributed by atoms with Crippen molar-refractivity contribution >= 4 is 5.69 Å². The molecule has 0 radical (unpaired) electrons. The minimum atomic E-state index is 0.735. The van der Waals surface area contributed by atoms with E-state index in [4.69, 9.17) is 5.73 Å². The van der Waals surface area contributed by atoms with Gasteiger partial charge in [-0.2, -0.15) is 0 Å². The van der Waals surface area contributed by atoms with Gasteiger partial charge in [-0.1, -0.05) is 24.3 Å². The number of benzene rings is 1. The van der Waals surface area contributed by atoms with Crippen LogP contribution in [0.15, 0.2) is 24.3 Å². The minimum absolute atomic E-state index is 0.735. The maximum atomic E-state index is 5.69. The fourth-order valence-electron chi connectivity index (χ4n) is 2.54. The summed E-state index contributed by atoms with van der Waals surface area (Å²) in [5, 5.41) is 8.59. The highest BCUT2D eigenvalue weighted by atomic mass is 15.4. The van der Waals surface area contributed by atoms with Crippen LogP contribution in [0, 0.1) is 5.92 Å². The van der Waals surface area contributed by atoms with Gasteiger partial charge in [0, 0.05) is 5.69 Å². The Kier molecular flexibility index (Phi) is 2.78. The van der Waals surface area contributed by atoms with Gasteiger partial charge in [0.1, 0.15) is 0 Å². The minimum Gasteiger partial charge on any atom is -0.399 e. The Morgan fingerprint density at radius 3 is 2.89 bits per heavy atom. The number of nitrogens with zero attached hydrogens (tertiary/aromatic N) is 3. The fraction of sp³-hybridized carbons (Fsp3) is 0.429. The molecular formula is C14H18N4. The van der Waals surface area contributed by atoms with E-state index in [1.165, 1.54) is 23.4 Å². The van der Waals surface area contributed by atoms with E-state index in [0.29, 0.717) is 0 Å². The monoisotopic (exact) mass is 242 g/mol. The Bertz CT molecular complexity index is 541. The average molecular weight is 242 g/mol. The van der Waals surface area contributed by atoms with Gasteiger partial charge in [0.25, 0.3) is 0 Å². The zero-order valence-electron chi connectivity index (χ0n) is 10.6. The summed E-state index contributed by atoms with van der Waals surface area (Å²) in [5.74, 6) is 0.735. The first-order valence-corrected chi connectivity index (χ1v) is 6.48. The number of hydrogen-bond donors (Lipinski definition) is 1. The van der Waals surface area contributed by atoms with Crippen LogP contribution in [0.2, 0.25) is 0 Å². The lowest BCUT2D eigenvalue weighted by Crippen LogP contribution is -2.15. The average Bonchev–Trinajstić information content (AvgIpc) is 2.74. The van der Waals surface area contributed by atoms with E-state index in [-0.39, 0.29) is 0 Å². The van der Waals surface area contributed by atoms with E-state index in [0.717, 1.165) is 31.0 Å². The first-order valence-electron chi connectivity index (χ1n) is 6.48. The molecule has 1 aromatic heterocycles. The highest BCUT2D eigenvalue weighted by Crippen LogP contribution is 2.23. The van der Waals surface area contributed by atoms with Crippen molar-refractivity contribution in [1.82, 2.24) is 15.0 Å². The second-order valence-corrected chi connectivity index (χ2v) is 5.23. The summed E-state index contributed by atoms with van der Waals surface area (Å²) in [6.07, 6.45) is 3.40. The lowest BCUT2D eigenvalue weighted by atomic mass is 9.91. The Morgan fingerprint density at radius 1 is 1.33 bits per heavy atom. The van der Waals surface area contributed by atoms with Gasteiger partial charge in [-0.25, -0.2) is 4.68 Å². The van der Waals surface area contributed by atoms with Gasteiger partial charge in [-0.15, -0.1) is 5.10 Å². The molecule has 18 heavy (non-hydrogen) atoms. The normalized spacial score (nSPS) is 18.6. The van der Waals surface area contributed by atoms with Crippen LogP contribution in [0.5, 0.6) is 0 Å². The van der Waals surface area contributed by atoms with Crippen molar-refractivity contribution in [3.8, 4) is 0 Å². The SMILES string of the molecule is CC1CCc2c(nnn2Cc2ccc(N)cc2)C1. The number of hydrogen-bond acceptors (Lipinski definition) is 3. The van der Waals surface area contributed by atoms with Gasteiger partial charge in [0.15, 0.2) is 0 Å². The third-order valence-electron chi connectivity index (χ3n) is 3.65. The topological polar surface area (TPSA) is 56.7 Å². The van der Waals surface area contributed by atoms with Crippen LogP contribution in [0.3, 0.4) is 0 Å². The first-order chi connectivity index (χ1) is 8.72. The number of fused-ring (bicyclic) bond motifs is 1. The smallest absolute Gasteiger partial charge is 0.0861 e. The van der Waals surface area contributed by atoms with Gasteiger partial charge in [-0.05, 0) is 42.9 Å². The zero-order valence-corrected chi connectivity index (χ0v) is 10.6. The number of aromatic nitrogens is 3. The predicted molar refractivity (Wildman–Crippen MR) is 71.2 cm³/mol. The van der Waals surface area contributed by atoms with E-state index in [9.17, 15) is 0 Å². The number of rotatable bonds is 2. The molecule has 1 aliphatic carbocycles. The highest BCUT2D eigenvalue weighted by molar-refractivity contribution is 5.39. The molecule has 2 N–H and O–H groups in total. The first kappa shape index (κ1) is 11.3. The molecule has 1 atom stereocenters. The van der Waals surface area contributed by atoms with E-state index >= 15 is 0 Å². The standard InChI is InChI=1S/C14H18N4/c1-10-2-7-14-13(8-10)16-17-18(14)9-11-3-5-12(15)6-4-11/h3-6,10H,2,7-9,15H2,1H3. The molecule has 1 heterocycles. The maximum Gasteiger partial charge on any atom is 0.0861 e. The second kappa shape index (κ2) is 4.44. The van der Waals surface area contributed by atoms with Gasteiger partial charge in [0.05, 0.1) is 17.9 Å². The predicted octanol–water partition coefficient (Wildman–Crippen LogP) is 2.03. The molecule has 4 nitrogen and oxygen atoms in total. The third-order valence-corrected chi connectivity index (χ3v) is 3.65. The molecule has 0 bridgehead atoms. The van der Waals surface area contributed by atoms with Crippen molar-refractivity contribution in [2.45, 2.75) is 32.7 Å². The Labute approximate surface area is 107 Å². The lowest BCUT2D eigenvalue weighted by Gasteiger charge is -2.17. The summed E-state index contributed by atoms with van der Waals surface area (Å²) in [6.45, 7) is 3.07. The van der Waals surface area contributed by atoms with Crippen LogP contribution >= 0.6 is 0 Å². The zero-order chi connectivity index (χ0) is 12.5. The van der Waals surface area contributed by atoms with Gasteiger partial charge >= 0.3 is 0 Å². The second-order valence-electron chi connectivity index (χ2n) is 5.23. The Balaban J connectivity index is 1.83. The molecule has 0 spiro atoms. The molecule has 0 fully saturated rings. The van der Waals surface area contributed by atoms with Crippen LogP contribution in [-0.4, -0.2) is 15.0 Å². The van der Waals surface area contributed by atoms with Crippen LogP contribution in [0.1, 0.15) is 30.3 Å². The summed E-state index contributed by atoms with van der Waals surface area (Å²) in [7, 11) is 0. The molecule has 0 amide bonds. The number of nitrogens with two attached hydrogens (primary N) is 1. The maximum absolute atomic E-state index is 5.69. The summed E-state index contributed by atoms with van der Waals surface area (Å²) in [6, 6.07) is 7.96. The molecule has 0 saturated heterocycles. The summed E-state index contributed by atoms with van der Waals surface area (Å²) in [4.78, 5) is 0. The van der Waals surface area contributed by atoms with E-state index in [1.807, 2.05) is 16.8 Å². The molecular weight excluding hydrogens is 224 g/mol. The van der Waals surface area contributed by atoms with Gasteiger partial charge in [0.2, 0.25) is 0 Å². The van der Waals surface area contributed by atoms with Crippen molar-refractivity contribution < 1.29 is 0 Å². The van der Waals surface area contributed by atoms with Crippen molar-refractivity contribution in [3.63, 3.8) is 0 Å². The van der Waals surface area contributed by atoms with Crippen molar-refractivity contribution in [2.75, 3.05) is 5.73 Å². The summed E-state index contributed by atoms with van der Waals surface area (Å²) < 4.78 is 2.03. The van der Waals surface area contributed by atoms with Gasteiger partial charge in [-0.3, -0.25) is 0 Å². The van der Waals surface area contributed by atoms with Crippen LogP contribution in [-0.2, 0) is 19.4 Å². The van der Waals surface area contributed by atoms with Crippen molar-refractivity contribution in [3.05, 3.63) is 41.2 Å². The molecule has 1 unspecified atom stereocenters. The largest absolute Gasteiger partial charge is 0.399 e. The fourth-order valence-corrected chi connectivity index (χ4v) is 2.54. The van der Waals surface area contributed by atoms with Crippen molar-refractivity contribution in [1.29, 1.82) is 0 Å². The number of nitrogen functional groups attached to an aromatic ring is 1. The van der Waals surface area contributed by atoms with E-state index in [2.05, 4.69) is 29.4 Å². The lowest BCUT2D eigenvalue weighted by molar-refractivity contribution is 0.480. The van der Waals surface area contributed by atoms with Crippen LogP contribution in [0.25, 0.3) is 0 Å².